The van der Waals surface area contributed by atoms with Gasteiger partial charge in [0.25, 0.3) is 0 Å². The van der Waals surface area contributed by atoms with Crippen LogP contribution in [-0.2, 0) is 4.74 Å². The summed E-state index contributed by atoms with van der Waals surface area (Å²) in [6, 6.07) is 4.35. The van der Waals surface area contributed by atoms with Gasteiger partial charge in [-0.15, -0.1) is 0 Å². The van der Waals surface area contributed by atoms with Crippen LogP contribution < -0.4 is 4.74 Å². The van der Waals surface area contributed by atoms with Crippen molar-refractivity contribution in [1.29, 1.82) is 0 Å². The number of benzene rings is 1. The molecule has 1 aromatic carbocycles. The van der Waals surface area contributed by atoms with Crippen LogP contribution >= 0.6 is 15.9 Å². The Hall–Kier alpha value is -1.15. The van der Waals surface area contributed by atoms with Crippen molar-refractivity contribution in [2.45, 2.75) is 12.3 Å². The van der Waals surface area contributed by atoms with Gasteiger partial charge in [0, 0.05) is 5.56 Å². The highest BCUT2D eigenvalue weighted by Crippen LogP contribution is 2.26. The molecule has 0 atom stereocenters. The molecule has 0 bridgehead atoms. The van der Waals surface area contributed by atoms with Gasteiger partial charge >= 0.3 is 12.3 Å². The fourth-order valence-electron chi connectivity index (χ4n) is 1.27. The summed E-state index contributed by atoms with van der Waals surface area (Å²) in [5, 5.41) is 0. The zero-order chi connectivity index (χ0) is 15.3. The summed E-state index contributed by atoms with van der Waals surface area (Å²) in [4.78, 5) is 11.6. The van der Waals surface area contributed by atoms with E-state index >= 15 is 0 Å². The van der Waals surface area contributed by atoms with E-state index < -0.39 is 31.3 Å². The van der Waals surface area contributed by atoms with Crippen molar-refractivity contribution in [3.05, 3.63) is 28.2 Å². The average molecular weight is 359 g/mol. The molecule has 0 unspecified atom stereocenters. The van der Waals surface area contributed by atoms with Gasteiger partial charge in [0.15, 0.2) is 5.78 Å². The highest BCUT2D eigenvalue weighted by atomic mass is 79.9. The summed E-state index contributed by atoms with van der Waals surface area (Å²) < 4.78 is 58.6. The summed E-state index contributed by atoms with van der Waals surface area (Å²) in [6.07, 6.45) is -3.83. The lowest BCUT2D eigenvalue weighted by Gasteiger charge is -2.14. The van der Waals surface area contributed by atoms with E-state index in [9.17, 15) is 22.4 Å². The fraction of sp³-hybridized carbons (Fsp3) is 0.417. The lowest BCUT2D eigenvalue weighted by atomic mass is 10.1. The van der Waals surface area contributed by atoms with Crippen LogP contribution in [0.1, 0.15) is 10.4 Å². The van der Waals surface area contributed by atoms with Crippen molar-refractivity contribution in [3.63, 3.8) is 0 Å². The molecule has 0 N–H and O–H groups in total. The fourth-order valence-corrected chi connectivity index (χ4v) is 1.81. The lowest BCUT2D eigenvalue weighted by Crippen LogP contribution is -2.33. The molecule has 0 fully saturated rings. The van der Waals surface area contributed by atoms with E-state index in [1.165, 1.54) is 25.3 Å². The molecule has 1 rings (SSSR count). The van der Waals surface area contributed by atoms with E-state index in [2.05, 4.69) is 20.7 Å². The molecule has 20 heavy (non-hydrogen) atoms. The van der Waals surface area contributed by atoms with Gasteiger partial charge in [-0.1, -0.05) is 0 Å². The molecular formula is C12H11BrF4O3. The van der Waals surface area contributed by atoms with Crippen molar-refractivity contribution in [1.82, 2.24) is 0 Å². The van der Waals surface area contributed by atoms with E-state index in [1.54, 1.807) is 0 Å². The van der Waals surface area contributed by atoms with Crippen molar-refractivity contribution in [3.8, 4) is 5.75 Å². The maximum atomic E-state index is 12.6. The minimum Gasteiger partial charge on any atom is -0.496 e. The first-order valence-electron chi connectivity index (χ1n) is 5.38. The van der Waals surface area contributed by atoms with E-state index in [4.69, 9.17) is 4.74 Å². The first-order chi connectivity index (χ1) is 9.27. The standard InChI is InChI=1S/C12H11BrF4O3/c1-19-10-3-2-7(4-8(10)13)9(18)5-20-6-12(16,17)11(14)15/h2-4,11H,5-6H2,1H3. The molecule has 0 aliphatic carbocycles. The van der Waals surface area contributed by atoms with Gasteiger partial charge in [-0.05, 0) is 34.1 Å². The average Bonchev–Trinajstić information content (AvgIpc) is 2.38. The Balaban J connectivity index is 2.58. The number of methoxy groups -OCH3 is 1. The molecule has 0 heterocycles. The van der Waals surface area contributed by atoms with Crippen LogP contribution in [0.4, 0.5) is 17.6 Å². The van der Waals surface area contributed by atoms with Crippen LogP contribution in [0.25, 0.3) is 0 Å². The van der Waals surface area contributed by atoms with E-state index in [0.717, 1.165) is 0 Å². The highest BCUT2D eigenvalue weighted by molar-refractivity contribution is 9.10. The first-order valence-corrected chi connectivity index (χ1v) is 6.17. The highest BCUT2D eigenvalue weighted by Gasteiger charge is 2.41. The summed E-state index contributed by atoms with van der Waals surface area (Å²) >= 11 is 3.16. The Morgan fingerprint density at radius 3 is 2.55 bits per heavy atom. The minimum absolute atomic E-state index is 0.193. The number of ketones is 1. The summed E-state index contributed by atoms with van der Waals surface area (Å²) in [6.45, 7) is -2.21. The van der Waals surface area contributed by atoms with E-state index in [-0.39, 0.29) is 5.56 Å². The Kier molecular flexibility index (Phi) is 5.94. The SMILES string of the molecule is COc1ccc(C(=O)COCC(F)(F)C(F)F)cc1Br. The second kappa shape index (κ2) is 7.03. The van der Waals surface area contributed by atoms with Crippen LogP contribution in [0.15, 0.2) is 22.7 Å². The molecule has 112 valence electrons. The lowest BCUT2D eigenvalue weighted by molar-refractivity contribution is -0.163. The molecule has 8 heteroatoms. The minimum atomic E-state index is -4.26. The molecular weight excluding hydrogens is 348 g/mol. The third-order valence-corrected chi connectivity index (χ3v) is 2.94. The number of alkyl halides is 4. The smallest absolute Gasteiger partial charge is 0.330 e. The molecule has 0 radical (unpaired) electrons. The van der Waals surface area contributed by atoms with Crippen molar-refractivity contribution in [2.75, 3.05) is 20.3 Å². The number of carbonyl (C=O) groups excluding carboxylic acids is 1. The van der Waals surface area contributed by atoms with Gasteiger partial charge in [0.2, 0.25) is 0 Å². The molecule has 0 aliphatic rings. The topological polar surface area (TPSA) is 35.5 Å². The maximum Gasteiger partial charge on any atom is 0.330 e. The normalized spacial score (nSPS) is 11.8. The van der Waals surface area contributed by atoms with Crippen LogP contribution in [0, 0.1) is 0 Å². The second-order valence-corrected chi connectivity index (χ2v) is 4.68. The van der Waals surface area contributed by atoms with E-state index in [0.29, 0.717) is 10.2 Å². The predicted octanol–water partition coefficient (Wildman–Crippen LogP) is 3.56. The number of hydrogen-bond donors (Lipinski definition) is 0. The number of carbonyl (C=O) groups is 1. The zero-order valence-corrected chi connectivity index (χ0v) is 11.9. The number of ether oxygens (including phenoxy) is 2. The largest absolute Gasteiger partial charge is 0.496 e. The second-order valence-electron chi connectivity index (χ2n) is 3.83. The van der Waals surface area contributed by atoms with Gasteiger partial charge in [0.05, 0.1) is 11.6 Å². The molecule has 0 aromatic heterocycles. The Bertz CT molecular complexity index is 480. The third-order valence-electron chi connectivity index (χ3n) is 2.32. The monoisotopic (exact) mass is 358 g/mol. The van der Waals surface area contributed by atoms with Gasteiger partial charge in [-0.2, -0.15) is 8.78 Å². The Morgan fingerprint density at radius 1 is 1.40 bits per heavy atom. The van der Waals surface area contributed by atoms with Crippen molar-refractivity contribution < 1.29 is 31.8 Å². The molecule has 0 aliphatic heterocycles. The molecule has 0 spiro atoms. The van der Waals surface area contributed by atoms with Gasteiger partial charge in [0.1, 0.15) is 19.0 Å². The Labute approximate surface area is 121 Å². The third kappa shape index (κ3) is 4.45. The Morgan fingerprint density at radius 2 is 2.05 bits per heavy atom. The summed E-state index contributed by atoms with van der Waals surface area (Å²) in [5.74, 6) is -4.37. The predicted molar refractivity (Wildman–Crippen MR) is 66.8 cm³/mol. The van der Waals surface area contributed by atoms with Crippen molar-refractivity contribution in [2.24, 2.45) is 0 Å². The van der Waals surface area contributed by atoms with Gasteiger partial charge < -0.3 is 9.47 Å². The number of rotatable bonds is 7. The molecule has 1 aromatic rings. The van der Waals surface area contributed by atoms with Crippen LogP contribution in [0.3, 0.4) is 0 Å². The number of Topliss-reactive ketones (excluding diaryl/α,β-unsaturated/α-hetero) is 1. The van der Waals surface area contributed by atoms with Crippen LogP contribution in [0.2, 0.25) is 0 Å². The molecule has 0 amide bonds. The van der Waals surface area contributed by atoms with Gasteiger partial charge in [-0.3, -0.25) is 4.79 Å². The maximum absolute atomic E-state index is 12.6. The molecule has 0 saturated carbocycles. The summed E-state index contributed by atoms with van der Waals surface area (Å²) in [7, 11) is 1.44. The molecule has 3 nitrogen and oxygen atoms in total. The van der Waals surface area contributed by atoms with Crippen LogP contribution in [-0.4, -0.2) is 38.5 Å². The number of halogens is 5. The first kappa shape index (κ1) is 16.9. The van der Waals surface area contributed by atoms with Crippen LogP contribution in [0.5, 0.6) is 5.75 Å². The quantitative estimate of drug-likeness (QED) is 0.552. The zero-order valence-electron chi connectivity index (χ0n) is 10.3. The van der Waals surface area contributed by atoms with Gasteiger partial charge in [-0.25, -0.2) is 8.78 Å². The van der Waals surface area contributed by atoms with E-state index in [1.807, 2.05) is 0 Å². The van der Waals surface area contributed by atoms with Crippen molar-refractivity contribution >= 4 is 21.7 Å². The number of hydrogen-bond acceptors (Lipinski definition) is 3. The molecule has 0 saturated heterocycles. The summed E-state index contributed by atoms with van der Waals surface area (Å²) in [5.41, 5.74) is 0.193.